The predicted octanol–water partition coefficient (Wildman–Crippen LogP) is 4.89. The molecule has 182 valence electrons. The Bertz CT molecular complexity index is 1310. The molecule has 0 fully saturated rings. The fraction of sp³-hybridized carbons (Fsp3) is 0.286. The highest BCUT2D eigenvalue weighted by atomic mass is 16.5. The molecule has 0 heterocycles. The van der Waals surface area contributed by atoms with Gasteiger partial charge in [-0.1, -0.05) is 30.3 Å². The van der Waals surface area contributed by atoms with E-state index < -0.39 is 23.6 Å². The van der Waals surface area contributed by atoms with E-state index in [0.717, 1.165) is 16.3 Å². The van der Waals surface area contributed by atoms with Crippen molar-refractivity contribution in [1.29, 1.82) is 0 Å². The van der Waals surface area contributed by atoms with E-state index in [1.165, 1.54) is 26.4 Å². The number of esters is 1. The minimum atomic E-state index is -1.05. The summed E-state index contributed by atoms with van der Waals surface area (Å²) in [6.07, 6.45) is 1.68. The van der Waals surface area contributed by atoms with Gasteiger partial charge in [0.15, 0.2) is 5.78 Å². The van der Waals surface area contributed by atoms with Crippen LogP contribution in [0.25, 0.3) is 16.3 Å². The molecule has 0 bridgehead atoms. The minimum Gasteiger partial charge on any atom is -0.507 e. The summed E-state index contributed by atoms with van der Waals surface area (Å²) < 4.78 is 21.8. The summed E-state index contributed by atoms with van der Waals surface area (Å²) in [5, 5.41) is 12.7. The molecule has 4 rings (SSSR count). The van der Waals surface area contributed by atoms with Crippen LogP contribution < -0.4 is 14.2 Å². The SMILES string of the molecule is CCOC(=O)C1C(=O)C=C(c2c(O)cc(OC)cc2OC)CC1c1c(OC)ccc2ccccc12. The van der Waals surface area contributed by atoms with E-state index in [0.29, 0.717) is 28.4 Å². The zero-order chi connectivity index (χ0) is 25.1. The average Bonchev–Trinajstić information content (AvgIpc) is 2.86. The Kier molecular flexibility index (Phi) is 6.96. The third kappa shape index (κ3) is 4.41. The standard InChI is InChI=1S/C28H28O7/c1-5-35-28(31)27-20(26-19-9-7-6-8-16(19)10-11-23(26)33-3)12-17(13-21(27)29)25-22(30)14-18(32-2)15-24(25)34-4/h6-11,13-15,20,27,30H,5,12H2,1-4H3. The molecule has 1 N–H and O–H groups in total. The first-order valence-electron chi connectivity index (χ1n) is 11.4. The smallest absolute Gasteiger partial charge is 0.317 e. The number of allylic oxidation sites excluding steroid dienone is 2. The van der Waals surface area contributed by atoms with Gasteiger partial charge < -0.3 is 24.1 Å². The Morgan fingerprint density at radius 2 is 1.74 bits per heavy atom. The number of methoxy groups -OCH3 is 3. The molecule has 1 aliphatic carbocycles. The first-order valence-corrected chi connectivity index (χ1v) is 11.4. The van der Waals surface area contributed by atoms with Crippen LogP contribution in [-0.4, -0.2) is 44.8 Å². The summed E-state index contributed by atoms with van der Waals surface area (Å²) in [6.45, 7) is 1.87. The van der Waals surface area contributed by atoms with Gasteiger partial charge in [0.2, 0.25) is 0 Å². The maximum atomic E-state index is 13.5. The molecule has 7 nitrogen and oxygen atoms in total. The zero-order valence-corrected chi connectivity index (χ0v) is 20.2. The number of hydrogen-bond acceptors (Lipinski definition) is 7. The van der Waals surface area contributed by atoms with Crippen LogP contribution in [0.4, 0.5) is 0 Å². The molecule has 0 amide bonds. The van der Waals surface area contributed by atoms with Crippen molar-refractivity contribution in [2.45, 2.75) is 19.3 Å². The van der Waals surface area contributed by atoms with E-state index in [2.05, 4.69) is 0 Å². The van der Waals surface area contributed by atoms with Gasteiger partial charge in [0.05, 0.1) is 33.5 Å². The number of rotatable bonds is 7. The van der Waals surface area contributed by atoms with E-state index >= 15 is 0 Å². The Labute approximate surface area is 203 Å². The van der Waals surface area contributed by atoms with Crippen LogP contribution in [0.2, 0.25) is 0 Å². The van der Waals surface area contributed by atoms with Crippen molar-refractivity contribution in [3.63, 3.8) is 0 Å². The molecule has 1 aliphatic rings. The number of benzene rings is 3. The molecule has 0 aliphatic heterocycles. The molecule has 2 unspecified atom stereocenters. The largest absolute Gasteiger partial charge is 0.507 e. The molecule has 0 saturated carbocycles. The molecular weight excluding hydrogens is 448 g/mol. The van der Waals surface area contributed by atoms with Crippen molar-refractivity contribution >= 4 is 28.1 Å². The summed E-state index contributed by atoms with van der Waals surface area (Å²) in [5.74, 6) is -1.36. The molecular formula is C28H28O7. The second-order valence-corrected chi connectivity index (χ2v) is 8.24. The number of phenols is 1. The van der Waals surface area contributed by atoms with Gasteiger partial charge in [-0.2, -0.15) is 0 Å². The van der Waals surface area contributed by atoms with Crippen molar-refractivity contribution in [3.05, 3.63) is 65.7 Å². The van der Waals surface area contributed by atoms with Crippen LogP contribution in [0, 0.1) is 5.92 Å². The number of ether oxygens (including phenoxy) is 4. The summed E-state index contributed by atoms with van der Waals surface area (Å²) in [6, 6.07) is 14.6. The van der Waals surface area contributed by atoms with Gasteiger partial charge in [-0.05, 0) is 41.8 Å². The number of ketones is 1. The first kappa shape index (κ1) is 24.1. The van der Waals surface area contributed by atoms with Crippen LogP contribution in [0.1, 0.15) is 30.4 Å². The van der Waals surface area contributed by atoms with E-state index in [1.807, 2.05) is 36.4 Å². The summed E-state index contributed by atoms with van der Waals surface area (Å²) in [4.78, 5) is 26.5. The fourth-order valence-electron chi connectivity index (χ4n) is 4.84. The predicted molar refractivity (Wildman–Crippen MR) is 132 cm³/mol. The lowest BCUT2D eigenvalue weighted by molar-refractivity contribution is -0.151. The Morgan fingerprint density at radius 1 is 1.00 bits per heavy atom. The van der Waals surface area contributed by atoms with Crippen molar-refractivity contribution in [1.82, 2.24) is 0 Å². The zero-order valence-electron chi connectivity index (χ0n) is 20.2. The average molecular weight is 477 g/mol. The third-order valence-electron chi connectivity index (χ3n) is 6.36. The first-order chi connectivity index (χ1) is 16.9. The second-order valence-electron chi connectivity index (χ2n) is 8.24. The van der Waals surface area contributed by atoms with E-state index in [1.54, 1.807) is 20.1 Å². The van der Waals surface area contributed by atoms with Crippen LogP contribution in [0.5, 0.6) is 23.0 Å². The number of fused-ring (bicyclic) bond motifs is 1. The normalized spacial score (nSPS) is 17.6. The quantitative estimate of drug-likeness (QED) is 0.383. The Balaban J connectivity index is 1.94. The van der Waals surface area contributed by atoms with Crippen molar-refractivity contribution < 1.29 is 33.6 Å². The molecule has 0 aromatic heterocycles. The van der Waals surface area contributed by atoms with Gasteiger partial charge in [0.1, 0.15) is 28.9 Å². The van der Waals surface area contributed by atoms with Crippen molar-refractivity contribution in [2.24, 2.45) is 5.92 Å². The highest BCUT2D eigenvalue weighted by Gasteiger charge is 2.42. The Hall–Kier alpha value is -4.00. The maximum Gasteiger partial charge on any atom is 0.317 e. The molecule has 35 heavy (non-hydrogen) atoms. The van der Waals surface area contributed by atoms with E-state index in [-0.39, 0.29) is 18.8 Å². The summed E-state index contributed by atoms with van der Waals surface area (Å²) in [7, 11) is 4.53. The fourth-order valence-corrected chi connectivity index (χ4v) is 4.84. The maximum absolute atomic E-state index is 13.5. The Morgan fingerprint density at radius 3 is 2.43 bits per heavy atom. The lowest BCUT2D eigenvalue weighted by Crippen LogP contribution is -2.34. The molecule has 3 aromatic carbocycles. The summed E-state index contributed by atoms with van der Waals surface area (Å²) in [5.41, 5.74) is 1.68. The van der Waals surface area contributed by atoms with Gasteiger partial charge in [-0.3, -0.25) is 9.59 Å². The molecule has 3 aromatic rings. The van der Waals surface area contributed by atoms with Gasteiger partial charge in [-0.25, -0.2) is 0 Å². The molecule has 7 heteroatoms. The summed E-state index contributed by atoms with van der Waals surface area (Å²) >= 11 is 0. The van der Waals surface area contributed by atoms with Crippen molar-refractivity contribution in [2.75, 3.05) is 27.9 Å². The minimum absolute atomic E-state index is 0.0848. The van der Waals surface area contributed by atoms with E-state index in [9.17, 15) is 14.7 Å². The molecule has 2 atom stereocenters. The lowest BCUT2D eigenvalue weighted by Gasteiger charge is -2.31. The topological polar surface area (TPSA) is 91.3 Å². The highest BCUT2D eigenvalue weighted by molar-refractivity contribution is 6.12. The van der Waals surface area contributed by atoms with Crippen LogP contribution >= 0.6 is 0 Å². The third-order valence-corrected chi connectivity index (χ3v) is 6.36. The van der Waals surface area contributed by atoms with Gasteiger partial charge in [0, 0.05) is 23.6 Å². The monoisotopic (exact) mass is 476 g/mol. The number of carbonyl (C=O) groups excluding carboxylic acids is 2. The van der Waals surface area contributed by atoms with Crippen LogP contribution in [0.3, 0.4) is 0 Å². The molecule has 0 spiro atoms. The highest BCUT2D eigenvalue weighted by Crippen LogP contribution is 2.49. The van der Waals surface area contributed by atoms with Crippen molar-refractivity contribution in [3.8, 4) is 23.0 Å². The number of carbonyl (C=O) groups is 2. The number of aromatic hydroxyl groups is 1. The van der Waals surface area contributed by atoms with Crippen LogP contribution in [0.15, 0.2) is 54.6 Å². The lowest BCUT2D eigenvalue weighted by atomic mass is 9.72. The molecule has 0 radical (unpaired) electrons. The van der Waals surface area contributed by atoms with Crippen LogP contribution in [-0.2, 0) is 14.3 Å². The van der Waals surface area contributed by atoms with Gasteiger partial charge >= 0.3 is 5.97 Å². The number of hydrogen-bond donors (Lipinski definition) is 1. The number of phenolic OH excluding ortho intramolecular Hbond substituents is 1. The van der Waals surface area contributed by atoms with E-state index in [4.69, 9.17) is 18.9 Å². The second kappa shape index (κ2) is 10.1. The van der Waals surface area contributed by atoms with Gasteiger partial charge in [-0.15, -0.1) is 0 Å². The van der Waals surface area contributed by atoms with Gasteiger partial charge in [0.25, 0.3) is 0 Å². The molecule has 0 saturated heterocycles.